The Morgan fingerprint density at radius 1 is 0.795 bits per heavy atom. The van der Waals surface area contributed by atoms with Gasteiger partial charge in [0.2, 0.25) is 0 Å². The van der Waals surface area contributed by atoms with Crippen molar-refractivity contribution in [1.82, 2.24) is 0 Å². The van der Waals surface area contributed by atoms with Gasteiger partial charge >= 0.3 is 3.18 Å². The van der Waals surface area contributed by atoms with Crippen molar-refractivity contribution in [3.05, 3.63) is 89.2 Å². The average Bonchev–Trinajstić information content (AvgIpc) is 3.55. The number of phenols is 1. The largest absolute Gasteiger partial charge is 0.508 e. The lowest BCUT2D eigenvalue weighted by Crippen LogP contribution is -1.86. The van der Waals surface area contributed by atoms with Gasteiger partial charge in [0, 0.05) is 22.8 Å². The molecule has 3 aromatic rings. The van der Waals surface area contributed by atoms with Crippen molar-refractivity contribution in [2.24, 2.45) is 0 Å². The molecule has 11 heteroatoms. The molecule has 1 aliphatic rings. The molecule has 39 heavy (non-hydrogen) atoms. The van der Waals surface area contributed by atoms with Crippen LogP contribution in [0.1, 0.15) is 47.4 Å². The highest BCUT2D eigenvalue weighted by Crippen LogP contribution is 2.17. The molecule has 1 heterocycles. The average molecular weight is 752 g/mol. The Labute approximate surface area is 266 Å². The monoisotopic (exact) mass is 749 g/mol. The van der Waals surface area contributed by atoms with Crippen LogP contribution >= 0.6 is 47.3 Å². The lowest BCUT2D eigenvalue weighted by atomic mass is 10.2. The summed E-state index contributed by atoms with van der Waals surface area (Å²) in [5.41, 5.74) is -0.461. The first-order valence-electron chi connectivity index (χ1n) is 15.0. The summed E-state index contributed by atoms with van der Waals surface area (Å²) in [4.78, 5) is 0. The Bertz CT molecular complexity index is 1210. The first-order valence-corrected chi connectivity index (χ1v) is 14.0. The van der Waals surface area contributed by atoms with Crippen LogP contribution in [0.15, 0.2) is 60.7 Å². The van der Waals surface area contributed by atoms with E-state index in [-0.39, 0.29) is 25.9 Å². The molecule has 0 aliphatic carbocycles. The second kappa shape index (κ2) is 25.3. The van der Waals surface area contributed by atoms with Crippen LogP contribution in [0.3, 0.4) is 0 Å². The topological polar surface area (TPSA) is 47.9 Å². The van der Waals surface area contributed by atoms with E-state index in [1.54, 1.807) is 26.2 Å². The summed E-state index contributed by atoms with van der Waals surface area (Å²) >= 11 is 9.31. The van der Waals surface area contributed by atoms with Gasteiger partial charge in [-0.1, -0.05) is 13.8 Å². The normalized spacial score (nSPS) is 13.9. The van der Waals surface area contributed by atoms with E-state index in [0.717, 1.165) is 43.5 Å². The molecule has 218 valence electrons. The van der Waals surface area contributed by atoms with Gasteiger partial charge in [-0.15, -0.1) is 47.3 Å². The van der Waals surface area contributed by atoms with Crippen LogP contribution < -0.4 is 9.47 Å². The maximum atomic E-state index is 12.7. The minimum atomic E-state index is -2.47. The number of ether oxygens (including phenoxy) is 3. The van der Waals surface area contributed by atoms with Crippen LogP contribution in [0, 0.1) is 31.2 Å². The van der Waals surface area contributed by atoms with Crippen LogP contribution in [0.25, 0.3) is 0 Å². The maximum absolute atomic E-state index is 12.7. The summed E-state index contributed by atoms with van der Waals surface area (Å²) < 4.78 is 100. The third kappa shape index (κ3) is 22.8. The third-order valence-electron chi connectivity index (χ3n) is 4.00. The quantitative estimate of drug-likeness (QED) is 0.265. The van der Waals surface area contributed by atoms with E-state index in [0.29, 0.717) is 12.6 Å². The molecule has 1 fully saturated rings. The fourth-order valence-corrected chi connectivity index (χ4v) is 2.27. The summed E-state index contributed by atoms with van der Waals surface area (Å²) in [7, 11) is 2.90. The van der Waals surface area contributed by atoms with Gasteiger partial charge in [-0.3, -0.25) is 0 Å². The molecular formula is C28H37BBr3F3O4. The molecule has 0 radical (unpaired) electrons. The van der Waals surface area contributed by atoms with Crippen LogP contribution in [-0.2, 0) is 4.74 Å². The zero-order valence-electron chi connectivity index (χ0n) is 28.8. The van der Waals surface area contributed by atoms with Crippen molar-refractivity contribution in [3.63, 3.8) is 0 Å². The summed E-state index contributed by atoms with van der Waals surface area (Å²) in [6, 6.07) is 12.1. The highest BCUT2D eigenvalue weighted by Gasteiger charge is 1.97. The van der Waals surface area contributed by atoms with E-state index in [1.165, 1.54) is 38.2 Å². The number of rotatable bonds is 2. The van der Waals surface area contributed by atoms with E-state index in [9.17, 15) is 13.2 Å². The SMILES string of the molecule is BrB(Br)Br.C1CCOC1.COc1ccc(F)cc1.[2H]C([2H])([2H])c1cc(F)ccc1O.[2H]C([2H])([2H])c1cc(F)ccc1OC.[2H]CC. The van der Waals surface area contributed by atoms with Gasteiger partial charge in [-0.25, -0.2) is 13.2 Å². The fourth-order valence-electron chi connectivity index (χ4n) is 2.27. The van der Waals surface area contributed by atoms with Crippen LogP contribution in [0.5, 0.6) is 17.2 Å². The van der Waals surface area contributed by atoms with Gasteiger partial charge in [0.05, 0.1) is 14.2 Å². The molecule has 1 saturated heterocycles. The Balaban J connectivity index is 0. The minimum absolute atomic E-state index is 0.102. The molecule has 0 saturated carbocycles. The maximum Gasteiger partial charge on any atom is 0.369 e. The first kappa shape index (κ1) is 27.5. The Kier molecular flexibility index (Phi) is 17.8. The number of halogens is 6. The fraction of sp³-hybridized carbons (Fsp3) is 0.357. The first-order chi connectivity index (χ1) is 21.3. The second-order valence-corrected chi connectivity index (χ2v) is 13.2. The van der Waals surface area contributed by atoms with Crippen LogP contribution in [0.2, 0.25) is 0 Å². The summed E-state index contributed by atoms with van der Waals surface area (Å²) in [5, 5.41) is 9.04. The zero-order valence-corrected chi connectivity index (χ0v) is 26.6. The predicted octanol–water partition coefficient (Wildman–Crippen LogP) is 9.80. The van der Waals surface area contributed by atoms with Crippen molar-refractivity contribution >= 4 is 50.5 Å². The number of phenolic OH excluding ortho intramolecular Hbond substituents is 1. The summed E-state index contributed by atoms with van der Waals surface area (Å²) in [6.45, 7) is -0.514. The van der Waals surface area contributed by atoms with Crippen LogP contribution in [-0.4, -0.2) is 35.7 Å². The Morgan fingerprint density at radius 2 is 1.26 bits per heavy atom. The van der Waals surface area contributed by atoms with Gasteiger partial charge in [-0.2, -0.15) is 0 Å². The highest BCUT2D eigenvalue weighted by molar-refractivity contribution is 9.69. The molecule has 4 rings (SSSR count). The van der Waals surface area contributed by atoms with E-state index >= 15 is 0 Å². The number of hydrogen-bond donors (Lipinski definition) is 1. The van der Waals surface area contributed by atoms with Gasteiger partial charge in [0.15, 0.2) is 0 Å². The molecule has 0 spiro atoms. The smallest absolute Gasteiger partial charge is 0.369 e. The number of benzene rings is 3. The van der Waals surface area contributed by atoms with E-state index in [4.69, 9.17) is 28.9 Å². The van der Waals surface area contributed by atoms with Crippen molar-refractivity contribution < 1.29 is 42.1 Å². The van der Waals surface area contributed by atoms with E-state index in [1.807, 2.05) is 0 Å². The number of aromatic hydroxyl groups is 1. The predicted molar refractivity (Wildman–Crippen MR) is 167 cm³/mol. The third-order valence-corrected chi connectivity index (χ3v) is 4.00. The molecule has 0 aromatic heterocycles. The highest BCUT2D eigenvalue weighted by atomic mass is 79.9. The number of methoxy groups -OCH3 is 2. The Hall–Kier alpha value is -1.69. The summed E-state index contributed by atoms with van der Waals surface area (Å²) in [6.07, 6.45) is 2.56. The minimum Gasteiger partial charge on any atom is -0.508 e. The van der Waals surface area contributed by atoms with Gasteiger partial charge < -0.3 is 19.3 Å². The molecule has 3 aromatic carbocycles. The van der Waals surface area contributed by atoms with E-state index < -0.39 is 31.1 Å². The van der Waals surface area contributed by atoms with Crippen molar-refractivity contribution in [2.45, 2.75) is 40.4 Å². The molecule has 4 nitrogen and oxygen atoms in total. The van der Waals surface area contributed by atoms with Crippen LogP contribution in [0.4, 0.5) is 13.2 Å². The molecule has 0 unspecified atom stereocenters. The second-order valence-electron chi connectivity index (χ2n) is 6.73. The molecule has 1 aliphatic heterocycles. The summed E-state index contributed by atoms with van der Waals surface area (Å²) in [5.74, 6) is -1.03. The zero-order chi connectivity index (χ0) is 35.9. The van der Waals surface area contributed by atoms with Crippen molar-refractivity contribution in [1.29, 1.82) is 0 Å². The van der Waals surface area contributed by atoms with Gasteiger partial charge in [0.1, 0.15) is 34.7 Å². The molecule has 0 bridgehead atoms. The van der Waals surface area contributed by atoms with E-state index in [2.05, 4.69) is 47.3 Å². The number of hydrogen-bond acceptors (Lipinski definition) is 4. The Morgan fingerprint density at radius 3 is 1.64 bits per heavy atom. The van der Waals surface area contributed by atoms with Gasteiger partial charge in [0.25, 0.3) is 0 Å². The molecule has 1 N–H and O–H groups in total. The van der Waals surface area contributed by atoms with Crippen molar-refractivity contribution in [3.8, 4) is 17.2 Å². The number of aryl methyl sites for hydroxylation is 2. The molecule has 0 amide bonds. The lowest BCUT2D eigenvalue weighted by molar-refractivity contribution is 0.198. The van der Waals surface area contributed by atoms with Crippen molar-refractivity contribution in [2.75, 3.05) is 27.4 Å². The van der Waals surface area contributed by atoms with Gasteiger partial charge in [-0.05, 0) is 98.3 Å². The standard InChI is InChI=1S/C8H9FO.2C7H7FO.C4H8O.C2H6.BBr3/c1-6-5-7(9)3-4-8(6)10-2;1-9-7-4-2-6(8)3-5-7;1-5-4-6(8)2-3-7(5)9;1-2-4-5-3-1;1-2;2-1(3)4/h3-5H,1-2H3;2-5H,1H3;2-4,9H,1H3;1-4H2;1-2H3;/i1D3;;1D3;;1D;. The molecular weight excluding hydrogens is 708 g/mol. The lowest BCUT2D eigenvalue weighted by Gasteiger charge is -2.01. The molecule has 0 atom stereocenters.